The van der Waals surface area contributed by atoms with Crippen LogP contribution in [0.5, 0.6) is 0 Å². The predicted octanol–water partition coefficient (Wildman–Crippen LogP) is 3.33. The fourth-order valence-electron chi connectivity index (χ4n) is 3.46. The summed E-state index contributed by atoms with van der Waals surface area (Å²) in [4.78, 5) is 27.2. The number of hydrogen-bond donors (Lipinski definition) is 0. The fourth-order valence-corrected chi connectivity index (χ4v) is 3.46. The third kappa shape index (κ3) is 4.05. The van der Waals surface area contributed by atoms with Crippen LogP contribution in [0.1, 0.15) is 41.2 Å². The number of nitrogens with zero attached hydrogens (tertiary/aromatic N) is 3. The van der Waals surface area contributed by atoms with Crippen molar-refractivity contribution in [3.63, 3.8) is 0 Å². The molecule has 0 aliphatic carbocycles. The van der Waals surface area contributed by atoms with Gasteiger partial charge in [0.15, 0.2) is 0 Å². The molecule has 0 bridgehead atoms. The molecule has 1 aromatic heterocycles. The van der Waals surface area contributed by atoms with Crippen molar-refractivity contribution in [2.24, 2.45) is 0 Å². The SMILES string of the molecule is Cc1nn(-c2cccc(C(F)(F)F)c2)c(C)c1C(=O)C(=O)N1C[C@H](C)OC[C@H]1C. The molecule has 9 heteroatoms. The lowest BCUT2D eigenvalue weighted by atomic mass is 10.1. The van der Waals surface area contributed by atoms with E-state index in [1.807, 2.05) is 6.92 Å². The normalized spacial score (nSPS) is 20.0. The van der Waals surface area contributed by atoms with E-state index in [0.29, 0.717) is 18.8 Å². The molecule has 1 aliphatic heterocycles. The second kappa shape index (κ2) is 7.62. The monoisotopic (exact) mass is 409 g/mol. The van der Waals surface area contributed by atoms with Gasteiger partial charge in [0.25, 0.3) is 11.7 Å². The van der Waals surface area contributed by atoms with Gasteiger partial charge >= 0.3 is 6.18 Å². The van der Waals surface area contributed by atoms with Crippen molar-refractivity contribution in [3.05, 3.63) is 46.8 Å². The van der Waals surface area contributed by atoms with Gasteiger partial charge in [-0.25, -0.2) is 4.68 Å². The van der Waals surface area contributed by atoms with Crippen molar-refractivity contribution in [3.8, 4) is 5.69 Å². The molecule has 0 N–H and O–H groups in total. The van der Waals surface area contributed by atoms with Crippen molar-refractivity contribution < 1.29 is 27.5 Å². The maximum absolute atomic E-state index is 13.0. The van der Waals surface area contributed by atoms with E-state index in [-0.39, 0.29) is 29.1 Å². The zero-order chi connectivity index (χ0) is 21.5. The number of Topliss-reactive ketones (excluding diaryl/α,β-unsaturated/α-hetero) is 1. The largest absolute Gasteiger partial charge is 0.416 e. The molecule has 1 aliphatic rings. The van der Waals surface area contributed by atoms with Crippen LogP contribution in [0.25, 0.3) is 5.69 Å². The van der Waals surface area contributed by atoms with Crippen LogP contribution >= 0.6 is 0 Å². The summed E-state index contributed by atoms with van der Waals surface area (Å²) in [5.41, 5.74) is 0.0584. The standard InChI is InChI=1S/C20H22F3N3O3/c1-11-10-29-12(2)9-25(11)19(28)18(27)17-13(3)24-26(14(17)4)16-7-5-6-15(8-16)20(21,22)23/h5-8,11-12H,9-10H2,1-4H3/t11-,12+/m1/s1. The van der Waals surface area contributed by atoms with Crippen molar-refractivity contribution in [1.82, 2.24) is 14.7 Å². The lowest BCUT2D eigenvalue weighted by Crippen LogP contribution is -2.52. The molecular weight excluding hydrogens is 387 g/mol. The number of rotatable bonds is 3. The molecule has 2 atom stereocenters. The lowest BCUT2D eigenvalue weighted by Gasteiger charge is -2.36. The molecule has 0 spiro atoms. The molecule has 156 valence electrons. The van der Waals surface area contributed by atoms with Gasteiger partial charge in [-0.3, -0.25) is 9.59 Å². The number of carbonyl (C=O) groups is 2. The third-order valence-electron chi connectivity index (χ3n) is 5.00. The van der Waals surface area contributed by atoms with Gasteiger partial charge in [-0.15, -0.1) is 0 Å². The molecular formula is C20H22F3N3O3. The van der Waals surface area contributed by atoms with Crippen LogP contribution in [0.3, 0.4) is 0 Å². The quantitative estimate of drug-likeness (QED) is 0.576. The van der Waals surface area contributed by atoms with Crippen molar-refractivity contribution in [1.29, 1.82) is 0 Å². The van der Waals surface area contributed by atoms with E-state index in [0.717, 1.165) is 12.1 Å². The maximum Gasteiger partial charge on any atom is 0.416 e. The topological polar surface area (TPSA) is 64.4 Å². The summed E-state index contributed by atoms with van der Waals surface area (Å²) in [6, 6.07) is 4.42. The Balaban J connectivity index is 1.96. The highest BCUT2D eigenvalue weighted by atomic mass is 19.4. The molecule has 3 rings (SSSR count). The Morgan fingerprint density at radius 3 is 2.55 bits per heavy atom. The molecule has 1 fully saturated rings. The van der Waals surface area contributed by atoms with Gasteiger partial charge < -0.3 is 9.64 Å². The van der Waals surface area contributed by atoms with E-state index < -0.39 is 23.4 Å². The average Bonchev–Trinajstić information content (AvgIpc) is 2.96. The van der Waals surface area contributed by atoms with Gasteiger partial charge in [0.05, 0.1) is 47.0 Å². The minimum absolute atomic E-state index is 0.110. The van der Waals surface area contributed by atoms with Gasteiger partial charge in [-0.05, 0) is 45.9 Å². The van der Waals surface area contributed by atoms with Crippen LogP contribution in [0.15, 0.2) is 24.3 Å². The van der Waals surface area contributed by atoms with Crippen molar-refractivity contribution in [2.75, 3.05) is 13.2 Å². The van der Waals surface area contributed by atoms with Crippen LogP contribution < -0.4 is 0 Å². The lowest BCUT2D eigenvalue weighted by molar-refractivity contribution is -0.138. The first-order chi connectivity index (χ1) is 13.5. The minimum atomic E-state index is -4.50. The summed E-state index contributed by atoms with van der Waals surface area (Å²) in [7, 11) is 0. The predicted molar refractivity (Wildman–Crippen MR) is 99.0 cm³/mol. The van der Waals surface area contributed by atoms with Crippen LogP contribution in [0, 0.1) is 13.8 Å². The summed E-state index contributed by atoms with van der Waals surface area (Å²) in [5, 5.41) is 4.22. The number of halogens is 3. The molecule has 6 nitrogen and oxygen atoms in total. The molecule has 1 aromatic carbocycles. The first-order valence-electron chi connectivity index (χ1n) is 9.21. The molecule has 0 radical (unpaired) electrons. The number of aryl methyl sites for hydroxylation is 1. The van der Waals surface area contributed by atoms with E-state index in [1.54, 1.807) is 20.8 Å². The summed E-state index contributed by atoms with van der Waals surface area (Å²) >= 11 is 0. The highest BCUT2D eigenvalue weighted by molar-refractivity contribution is 6.43. The van der Waals surface area contributed by atoms with E-state index in [2.05, 4.69) is 5.10 Å². The second-order valence-corrected chi connectivity index (χ2v) is 7.29. The molecule has 2 aromatic rings. The summed E-state index contributed by atoms with van der Waals surface area (Å²) in [6.07, 6.45) is -4.68. The second-order valence-electron chi connectivity index (χ2n) is 7.29. The first-order valence-corrected chi connectivity index (χ1v) is 9.21. The van der Waals surface area contributed by atoms with Gasteiger partial charge in [-0.1, -0.05) is 6.07 Å². The van der Waals surface area contributed by atoms with Crippen LogP contribution in [-0.4, -0.2) is 51.7 Å². The van der Waals surface area contributed by atoms with Crippen molar-refractivity contribution >= 4 is 11.7 Å². The Labute approximate surface area is 166 Å². The molecule has 1 amide bonds. The Bertz CT molecular complexity index is 952. The number of carbonyl (C=O) groups excluding carboxylic acids is 2. The number of aromatic nitrogens is 2. The smallest absolute Gasteiger partial charge is 0.375 e. The van der Waals surface area contributed by atoms with E-state index in [1.165, 1.54) is 21.7 Å². The Morgan fingerprint density at radius 2 is 1.90 bits per heavy atom. The number of morpholine rings is 1. The highest BCUT2D eigenvalue weighted by Gasteiger charge is 2.35. The van der Waals surface area contributed by atoms with Crippen LogP contribution in [-0.2, 0) is 15.7 Å². The number of ether oxygens (including phenoxy) is 1. The number of benzene rings is 1. The van der Waals surface area contributed by atoms with E-state index in [4.69, 9.17) is 4.74 Å². The summed E-state index contributed by atoms with van der Waals surface area (Å²) < 4.78 is 45.8. The molecule has 0 saturated carbocycles. The van der Waals surface area contributed by atoms with Gasteiger partial charge in [-0.2, -0.15) is 18.3 Å². The van der Waals surface area contributed by atoms with Crippen molar-refractivity contribution in [2.45, 2.75) is 46.0 Å². The Kier molecular flexibility index (Phi) is 5.53. The van der Waals surface area contributed by atoms with E-state index in [9.17, 15) is 22.8 Å². The highest BCUT2D eigenvalue weighted by Crippen LogP contribution is 2.31. The van der Waals surface area contributed by atoms with Crippen LogP contribution in [0.4, 0.5) is 13.2 Å². The van der Waals surface area contributed by atoms with E-state index >= 15 is 0 Å². The van der Waals surface area contributed by atoms with Gasteiger partial charge in [0.2, 0.25) is 0 Å². The summed E-state index contributed by atoms with van der Waals surface area (Å²) in [6.45, 7) is 7.37. The average molecular weight is 409 g/mol. The number of ketones is 1. The molecule has 2 heterocycles. The number of amides is 1. The Morgan fingerprint density at radius 1 is 1.21 bits per heavy atom. The molecule has 1 saturated heterocycles. The zero-order valence-electron chi connectivity index (χ0n) is 16.6. The summed E-state index contributed by atoms with van der Waals surface area (Å²) in [5.74, 6) is -1.39. The van der Waals surface area contributed by atoms with Gasteiger partial charge in [0, 0.05) is 6.54 Å². The molecule has 0 unspecified atom stereocenters. The third-order valence-corrected chi connectivity index (χ3v) is 5.00. The number of hydrogen-bond acceptors (Lipinski definition) is 4. The Hall–Kier alpha value is -2.68. The molecule has 29 heavy (non-hydrogen) atoms. The minimum Gasteiger partial charge on any atom is -0.375 e. The van der Waals surface area contributed by atoms with Gasteiger partial charge in [0.1, 0.15) is 0 Å². The first kappa shape index (κ1) is 21.0. The van der Waals surface area contributed by atoms with Crippen LogP contribution in [0.2, 0.25) is 0 Å². The number of alkyl halides is 3. The fraction of sp³-hybridized carbons (Fsp3) is 0.450. The zero-order valence-corrected chi connectivity index (χ0v) is 16.6. The maximum atomic E-state index is 13.0.